The van der Waals surface area contributed by atoms with E-state index in [0.29, 0.717) is 5.02 Å². The maximum absolute atomic E-state index is 6.18. The second-order valence-corrected chi connectivity index (χ2v) is 5.73. The molecule has 0 amide bonds. The van der Waals surface area contributed by atoms with Crippen LogP contribution in [0.1, 0.15) is 0 Å². The van der Waals surface area contributed by atoms with Gasteiger partial charge in [0.05, 0.1) is 11.4 Å². The zero-order valence-corrected chi connectivity index (χ0v) is 13.0. The van der Waals surface area contributed by atoms with Crippen LogP contribution in [0.3, 0.4) is 0 Å². The minimum absolute atomic E-state index is 0.709. The molecule has 1 aromatic carbocycles. The normalized spacial score (nSPS) is 10.8. The number of aromatic nitrogens is 2. The first kappa shape index (κ1) is 13.9. The Bertz CT molecular complexity index is 935. The zero-order valence-electron chi connectivity index (χ0n) is 12.3. The third-order valence-corrected chi connectivity index (χ3v) is 4.06. The fraction of sp³-hybridized carbons (Fsp3) is 0. The number of hydrogen-bond donors (Lipinski definition) is 0. The summed E-state index contributed by atoms with van der Waals surface area (Å²) in [6, 6.07) is 22.0. The number of nitrogens with zero attached hydrogens (tertiary/aromatic N) is 2. The monoisotopic (exact) mass is 316 g/mol. The summed E-state index contributed by atoms with van der Waals surface area (Å²) in [5, 5.41) is 0.709. The molecule has 0 fully saturated rings. The van der Waals surface area contributed by atoms with Crippen molar-refractivity contribution in [2.45, 2.75) is 0 Å². The predicted molar refractivity (Wildman–Crippen MR) is 94.5 cm³/mol. The zero-order chi connectivity index (χ0) is 15.6. The molecular formula is C20H13ClN2. The summed E-state index contributed by atoms with van der Waals surface area (Å²) >= 11 is 6.18. The summed E-state index contributed by atoms with van der Waals surface area (Å²) < 4.78 is 0. The number of halogens is 1. The lowest BCUT2D eigenvalue weighted by atomic mass is 9.98. The lowest BCUT2D eigenvalue weighted by molar-refractivity contribution is 1.33. The Morgan fingerprint density at radius 2 is 1.57 bits per heavy atom. The molecule has 1 aliphatic heterocycles. The standard InChI is InChI=1S/C20H13ClN2/c21-16-6-4-5-15(13-16)20-19(14-9-11-22-12-10-14)17-7-2-1-3-8-18(17)23-20/h1-13H. The van der Waals surface area contributed by atoms with Crippen LogP contribution in [-0.4, -0.2) is 9.97 Å². The van der Waals surface area contributed by atoms with E-state index in [0.717, 1.165) is 33.6 Å². The van der Waals surface area contributed by atoms with Gasteiger partial charge in [-0.05, 0) is 35.9 Å². The summed E-state index contributed by atoms with van der Waals surface area (Å²) in [6.07, 6.45) is 3.61. The molecule has 0 saturated heterocycles. The Kier molecular flexibility index (Phi) is 3.52. The van der Waals surface area contributed by atoms with Crippen LogP contribution in [0.5, 0.6) is 0 Å². The van der Waals surface area contributed by atoms with Gasteiger partial charge < -0.3 is 0 Å². The summed E-state index contributed by atoms with van der Waals surface area (Å²) in [7, 11) is 0. The molecule has 23 heavy (non-hydrogen) atoms. The van der Waals surface area contributed by atoms with Crippen molar-refractivity contribution in [3.8, 4) is 33.6 Å². The van der Waals surface area contributed by atoms with Gasteiger partial charge in [-0.1, -0.05) is 48.0 Å². The van der Waals surface area contributed by atoms with Gasteiger partial charge in [0.25, 0.3) is 0 Å². The topological polar surface area (TPSA) is 25.8 Å². The van der Waals surface area contributed by atoms with E-state index in [-0.39, 0.29) is 0 Å². The van der Waals surface area contributed by atoms with Crippen LogP contribution in [0.2, 0.25) is 5.02 Å². The highest BCUT2D eigenvalue weighted by Crippen LogP contribution is 2.41. The minimum Gasteiger partial charge on any atom is -0.265 e. The summed E-state index contributed by atoms with van der Waals surface area (Å²) in [5.74, 6) is 0. The van der Waals surface area contributed by atoms with Crippen molar-refractivity contribution in [2.75, 3.05) is 0 Å². The van der Waals surface area contributed by atoms with Gasteiger partial charge >= 0.3 is 0 Å². The number of hydrogen-bond acceptors (Lipinski definition) is 2. The quantitative estimate of drug-likeness (QED) is 0.483. The highest BCUT2D eigenvalue weighted by atomic mass is 35.5. The molecule has 2 aromatic rings. The summed E-state index contributed by atoms with van der Waals surface area (Å²) in [5.41, 5.74) is 6.26. The predicted octanol–water partition coefficient (Wildman–Crippen LogP) is 5.57. The van der Waals surface area contributed by atoms with E-state index in [1.165, 1.54) is 0 Å². The number of benzene rings is 1. The molecule has 110 valence electrons. The molecule has 1 aliphatic carbocycles. The number of pyridine rings is 1. The molecule has 0 bridgehead atoms. The van der Waals surface area contributed by atoms with Crippen molar-refractivity contribution < 1.29 is 0 Å². The second-order valence-electron chi connectivity index (χ2n) is 5.29. The molecule has 0 N–H and O–H groups in total. The van der Waals surface area contributed by atoms with Crippen molar-refractivity contribution in [1.82, 2.24) is 9.97 Å². The molecule has 2 aliphatic rings. The van der Waals surface area contributed by atoms with Gasteiger partial charge in [-0.3, -0.25) is 4.98 Å². The van der Waals surface area contributed by atoms with Crippen molar-refractivity contribution >= 4 is 11.6 Å². The van der Waals surface area contributed by atoms with E-state index >= 15 is 0 Å². The molecule has 3 heteroatoms. The first-order valence-electron chi connectivity index (χ1n) is 7.38. The van der Waals surface area contributed by atoms with Gasteiger partial charge in [-0.2, -0.15) is 0 Å². The van der Waals surface area contributed by atoms with E-state index in [1.54, 1.807) is 12.4 Å². The van der Waals surface area contributed by atoms with Crippen LogP contribution in [0.4, 0.5) is 0 Å². The Morgan fingerprint density at radius 3 is 2.39 bits per heavy atom. The molecule has 1 aromatic heterocycles. The Hall–Kier alpha value is -2.71. The van der Waals surface area contributed by atoms with Gasteiger partial charge in [0.15, 0.2) is 0 Å². The van der Waals surface area contributed by atoms with E-state index in [1.807, 2.05) is 60.7 Å². The van der Waals surface area contributed by atoms with Crippen LogP contribution in [0.15, 0.2) is 79.1 Å². The van der Waals surface area contributed by atoms with E-state index in [2.05, 4.69) is 11.1 Å². The summed E-state index contributed by atoms with van der Waals surface area (Å²) in [6.45, 7) is 0. The molecule has 0 spiro atoms. The fourth-order valence-corrected chi connectivity index (χ4v) is 3.00. The molecule has 0 saturated carbocycles. The molecule has 0 unspecified atom stereocenters. The smallest absolute Gasteiger partial charge is 0.0795 e. The largest absolute Gasteiger partial charge is 0.265 e. The van der Waals surface area contributed by atoms with Gasteiger partial charge in [0.1, 0.15) is 0 Å². The highest BCUT2D eigenvalue weighted by molar-refractivity contribution is 6.30. The van der Waals surface area contributed by atoms with Crippen molar-refractivity contribution in [1.29, 1.82) is 0 Å². The highest BCUT2D eigenvalue weighted by Gasteiger charge is 2.19. The van der Waals surface area contributed by atoms with Gasteiger partial charge in [0.2, 0.25) is 0 Å². The molecule has 4 rings (SSSR count). The van der Waals surface area contributed by atoms with Crippen LogP contribution < -0.4 is 0 Å². The maximum Gasteiger partial charge on any atom is 0.0795 e. The SMILES string of the molecule is Clc1cccc(-c2nc3cccccc-3c2-c2ccncc2)c1. The first-order valence-corrected chi connectivity index (χ1v) is 7.76. The van der Waals surface area contributed by atoms with Crippen molar-refractivity contribution in [3.63, 3.8) is 0 Å². The molecule has 2 heterocycles. The third-order valence-electron chi connectivity index (χ3n) is 3.82. The minimum atomic E-state index is 0.709. The van der Waals surface area contributed by atoms with Crippen molar-refractivity contribution in [3.05, 3.63) is 84.1 Å². The van der Waals surface area contributed by atoms with Crippen LogP contribution in [-0.2, 0) is 0 Å². The van der Waals surface area contributed by atoms with Gasteiger partial charge in [-0.25, -0.2) is 4.98 Å². The van der Waals surface area contributed by atoms with E-state index < -0.39 is 0 Å². The molecule has 2 nitrogen and oxygen atoms in total. The average Bonchev–Trinajstić information content (AvgIpc) is 2.79. The van der Waals surface area contributed by atoms with E-state index in [9.17, 15) is 0 Å². The number of fused-ring (bicyclic) bond motifs is 1. The lowest BCUT2D eigenvalue weighted by Gasteiger charge is -2.05. The Labute approximate surface area is 139 Å². The molecular weight excluding hydrogens is 304 g/mol. The maximum atomic E-state index is 6.18. The van der Waals surface area contributed by atoms with Crippen LogP contribution in [0.25, 0.3) is 33.6 Å². The third kappa shape index (κ3) is 2.58. The second kappa shape index (κ2) is 5.82. The first-order chi connectivity index (χ1) is 11.3. The average molecular weight is 317 g/mol. The van der Waals surface area contributed by atoms with E-state index in [4.69, 9.17) is 16.6 Å². The molecule has 0 radical (unpaired) electrons. The van der Waals surface area contributed by atoms with Gasteiger partial charge in [0, 0.05) is 34.1 Å². The van der Waals surface area contributed by atoms with Crippen LogP contribution >= 0.6 is 11.6 Å². The fourth-order valence-electron chi connectivity index (χ4n) is 2.81. The Balaban J connectivity index is 2.05. The number of rotatable bonds is 2. The lowest BCUT2D eigenvalue weighted by Crippen LogP contribution is -1.83. The van der Waals surface area contributed by atoms with Gasteiger partial charge in [-0.15, -0.1) is 0 Å². The van der Waals surface area contributed by atoms with Crippen molar-refractivity contribution in [2.24, 2.45) is 0 Å². The Morgan fingerprint density at radius 1 is 0.739 bits per heavy atom. The van der Waals surface area contributed by atoms with Crippen LogP contribution in [0, 0.1) is 0 Å². The summed E-state index contributed by atoms with van der Waals surface area (Å²) in [4.78, 5) is 8.98. The molecule has 0 atom stereocenters.